The molecule has 0 aliphatic carbocycles. The van der Waals surface area contributed by atoms with Crippen LogP contribution in [-0.2, 0) is 4.79 Å². The highest BCUT2D eigenvalue weighted by Crippen LogP contribution is 2.19. The lowest BCUT2D eigenvalue weighted by molar-refractivity contribution is -0.142. The van der Waals surface area contributed by atoms with Gasteiger partial charge >= 0.3 is 5.97 Å². The number of ether oxygens (including phenoxy) is 1. The first-order chi connectivity index (χ1) is 8.47. The van der Waals surface area contributed by atoms with E-state index < -0.39 is 17.8 Å². The topological polar surface area (TPSA) is 63.6 Å². The Labute approximate surface area is 107 Å². The second kappa shape index (κ2) is 6.19. The van der Waals surface area contributed by atoms with Crippen molar-refractivity contribution in [3.8, 4) is 5.75 Å². The fraction of sp³-hybridized carbons (Fsp3) is 0.429. The van der Waals surface area contributed by atoms with Crippen molar-refractivity contribution >= 4 is 11.8 Å². The second-order valence-electron chi connectivity index (χ2n) is 4.24. The lowest BCUT2D eigenvalue weighted by atomic mass is 9.88. The van der Waals surface area contributed by atoms with Gasteiger partial charge in [-0.15, -0.1) is 0 Å². The van der Waals surface area contributed by atoms with Crippen molar-refractivity contribution in [2.24, 2.45) is 11.8 Å². The van der Waals surface area contributed by atoms with Gasteiger partial charge in [0, 0.05) is 11.5 Å². The minimum absolute atomic E-state index is 0.159. The monoisotopic (exact) mass is 250 g/mol. The first-order valence-corrected chi connectivity index (χ1v) is 5.97. The van der Waals surface area contributed by atoms with Gasteiger partial charge in [0.2, 0.25) is 0 Å². The summed E-state index contributed by atoms with van der Waals surface area (Å²) in [6.07, 6.45) is 0. The van der Waals surface area contributed by atoms with Crippen molar-refractivity contribution in [2.75, 3.05) is 6.61 Å². The summed E-state index contributed by atoms with van der Waals surface area (Å²) in [5.41, 5.74) is 0.513. The second-order valence-corrected chi connectivity index (χ2v) is 4.24. The van der Waals surface area contributed by atoms with E-state index in [0.29, 0.717) is 17.9 Å². The number of carbonyl (C=O) groups is 2. The standard InChI is InChI=1S/C14H18O4/c1-4-18-12-7-5-11(6-8-12)13(15)9(2)10(3)14(16)17/h5-10H,4H2,1-3H3,(H,16,17). The van der Waals surface area contributed by atoms with E-state index in [1.807, 2.05) is 6.92 Å². The number of ketones is 1. The molecule has 0 spiro atoms. The summed E-state index contributed by atoms with van der Waals surface area (Å²) in [6, 6.07) is 6.76. The van der Waals surface area contributed by atoms with E-state index in [9.17, 15) is 9.59 Å². The quantitative estimate of drug-likeness (QED) is 0.788. The van der Waals surface area contributed by atoms with Crippen LogP contribution in [0.15, 0.2) is 24.3 Å². The fourth-order valence-corrected chi connectivity index (χ4v) is 1.59. The van der Waals surface area contributed by atoms with Crippen LogP contribution in [0.25, 0.3) is 0 Å². The van der Waals surface area contributed by atoms with Gasteiger partial charge in [-0.25, -0.2) is 0 Å². The molecular formula is C14H18O4. The highest BCUT2D eigenvalue weighted by atomic mass is 16.5. The molecule has 0 saturated carbocycles. The van der Waals surface area contributed by atoms with Gasteiger partial charge in [0.05, 0.1) is 12.5 Å². The molecule has 18 heavy (non-hydrogen) atoms. The zero-order chi connectivity index (χ0) is 13.7. The molecular weight excluding hydrogens is 232 g/mol. The lowest BCUT2D eigenvalue weighted by Gasteiger charge is -2.14. The number of carbonyl (C=O) groups excluding carboxylic acids is 1. The highest BCUT2D eigenvalue weighted by molar-refractivity contribution is 5.99. The van der Waals surface area contributed by atoms with Crippen molar-refractivity contribution in [2.45, 2.75) is 20.8 Å². The molecule has 1 aromatic rings. The van der Waals surface area contributed by atoms with Gasteiger partial charge in [-0.1, -0.05) is 13.8 Å². The van der Waals surface area contributed by atoms with Crippen LogP contribution < -0.4 is 4.74 Å². The molecule has 0 heterocycles. The van der Waals surface area contributed by atoms with Gasteiger partial charge in [-0.2, -0.15) is 0 Å². The fourth-order valence-electron chi connectivity index (χ4n) is 1.59. The maximum absolute atomic E-state index is 12.1. The predicted molar refractivity (Wildman–Crippen MR) is 67.9 cm³/mol. The molecule has 0 amide bonds. The molecule has 0 bridgehead atoms. The van der Waals surface area contributed by atoms with E-state index in [2.05, 4.69) is 0 Å². The molecule has 1 N–H and O–H groups in total. The van der Waals surface area contributed by atoms with Crippen LogP contribution in [0.4, 0.5) is 0 Å². The first-order valence-electron chi connectivity index (χ1n) is 5.97. The maximum Gasteiger partial charge on any atom is 0.306 e. The molecule has 0 aliphatic heterocycles. The van der Waals surface area contributed by atoms with E-state index in [0.717, 1.165) is 0 Å². The summed E-state index contributed by atoms with van der Waals surface area (Å²) in [4.78, 5) is 22.9. The Bertz CT molecular complexity index is 422. The van der Waals surface area contributed by atoms with Gasteiger partial charge < -0.3 is 9.84 Å². The maximum atomic E-state index is 12.1. The van der Waals surface area contributed by atoms with Crippen molar-refractivity contribution in [3.63, 3.8) is 0 Å². The third-order valence-electron chi connectivity index (χ3n) is 3.00. The third-order valence-corrected chi connectivity index (χ3v) is 3.00. The Balaban J connectivity index is 2.80. The Morgan fingerprint density at radius 3 is 2.17 bits per heavy atom. The number of carboxylic acid groups (broad SMARTS) is 1. The molecule has 1 rings (SSSR count). The molecule has 2 unspecified atom stereocenters. The Kier molecular flexibility index (Phi) is 4.89. The number of hydrogen-bond donors (Lipinski definition) is 1. The van der Waals surface area contributed by atoms with Gasteiger partial charge in [0.1, 0.15) is 5.75 Å². The molecule has 98 valence electrons. The van der Waals surface area contributed by atoms with E-state index in [-0.39, 0.29) is 5.78 Å². The average molecular weight is 250 g/mol. The molecule has 1 aromatic carbocycles. The van der Waals surface area contributed by atoms with Crippen molar-refractivity contribution < 1.29 is 19.4 Å². The van der Waals surface area contributed by atoms with Crippen molar-refractivity contribution in [3.05, 3.63) is 29.8 Å². The molecule has 4 nitrogen and oxygen atoms in total. The minimum Gasteiger partial charge on any atom is -0.494 e. The van der Waals surface area contributed by atoms with Gasteiger partial charge in [0.15, 0.2) is 5.78 Å². The summed E-state index contributed by atoms with van der Waals surface area (Å²) in [7, 11) is 0. The van der Waals surface area contributed by atoms with Crippen molar-refractivity contribution in [1.82, 2.24) is 0 Å². The molecule has 0 saturated heterocycles. The summed E-state index contributed by atoms with van der Waals surface area (Å²) < 4.78 is 5.28. The Morgan fingerprint density at radius 1 is 1.17 bits per heavy atom. The van der Waals surface area contributed by atoms with Crippen LogP contribution in [0, 0.1) is 11.8 Å². The summed E-state index contributed by atoms with van der Waals surface area (Å²) in [5, 5.41) is 8.89. The minimum atomic E-state index is -0.957. The molecule has 0 fully saturated rings. The third kappa shape index (κ3) is 3.32. The summed E-state index contributed by atoms with van der Waals surface area (Å²) in [6.45, 7) is 5.63. The van der Waals surface area contributed by atoms with Gasteiger partial charge in [-0.3, -0.25) is 9.59 Å². The summed E-state index contributed by atoms with van der Waals surface area (Å²) >= 11 is 0. The van der Waals surface area contributed by atoms with E-state index in [4.69, 9.17) is 9.84 Å². The smallest absolute Gasteiger partial charge is 0.306 e. The van der Waals surface area contributed by atoms with E-state index in [1.54, 1.807) is 38.1 Å². The first kappa shape index (κ1) is 14.2. The molecule has 4 heteroatoms. The van der Waals surface area contributed by atoms with Crippen LogP contribution >= 0.6 is 0 Å². The molecule has 2 atom stereocenters. The van der Waals surface area contributed by atoms with Crippen LogP contribution in [-0.4, -0.2) is 23.5 Å². The molecule has 0 radical (unpaired) electrons. The average Bonchev–Trinajstić information content (AvgIpc) is 2.37. The van der Waals surface area contributed by atoms with Crippen LogP contribution in [0.3, 0.4) is 0 Å². The van der Waals surface area contributed by atoms with Crippen LogP contribution in [0.2, 0.25) is 0 Å². The predicted octanol–water partition coefficient (Wildman–Crippen LogP) is 2.62. The Hall–Kier alpha value is -1.84. The normalized spacial score (nSPS) is 13.7. The number of aliphatic carboxylic acids is 1. The lowest BCUT2D eigenvalue weighted by Crippen LogP contribution is -2.25. The van der Waals surface area contributed by atoms with E-state index >= 15 is 0 Å². The summed E-state index contributed by atoms with van der Waals surface area (Å²) in [5.74, 6) is -1.65. The molecule has 0 aromatic heterocycles. The zero-order valence-electron chi connectivity index (χ0n) is 10.8. The number of hydrogen-bond acceptors (Lipinski definition) is 3. The zero-order valence-corrected chi connectivity index (χ0v) is 10.8. The number of rotatable bonds is 6. The van der Waals surface area contributed by atoms with E-state index in [1.165, 1.54) is 0 Å². The van der Waals surface area contributed by atoms with Crippen molar-refractivity contribution in [1.29, 1.82) is 0 Å². The van der Waals surface area contributed by atoms with Crippen LogP contribution in [0.1, 0.15) is 31.1 Å². The van der Waals surface area contributed by atoms with Gasteiger partial charge in [-0.05, 0) is 31.2 Å². The Morgan fingerprint density at radius 2 is 1.72 bits per heavy atom. The number of carboxylic acids is 1. The SMILES string of the molecule is CCOc1ccc(C(=O)C(C)C(C)C(=O)O)cc1. The van der Waals surface area contributed by atoms with Crippen LogP contribution in [0.5, 0.6) is 5.75 Å². The number of Topliss-reactive ketones (excluding diaryl/α,β-unsaturated/α-hetero) is 1. The molecule has 0 aliphatic rings. The largest absolute Gasteiger partial charge is 0.494 e. The van der Waals surface area contributed by atoms with Gasteiger partial charge in [0.25, 0.3) is 0 Å². The highest BCUT2D eigenvalue weighted by Gasteiger charge is 2.26. The number of benzene rings is 1.